The third kappa shape index (κ3) is 3.11. The molecule has 0 saturated carbocycles. The van der Waals surface area contributed by atoms with Crippen LogP contribution < -0.4 is 11.1 Å². The van der Waals surface area contributed by atoms with E-state index in [4.69, 9.17) is 5.73 Å². The molecule has 0 saturated heterocycles. The van der Waals surface area contributed by atoms with E-state index in [0.29, 0.717) is 11.3 Å². The monoisotopic (exact) mass is 368 g/mol. The molecule has 2 aromatic carbocycles. The Morgan fingerprint density at radius 3 is 2.22 bits per heavy atom. The molecule has 0 aromatic heterocycles. The zero-order chi connectivity index (χ0) is 13.1. The minimum atomic E-state index is -0.220. The predicted molar refractivity (Wildman–Crippen MR) is 80.6 cm³/mol. The van der Waals surface area contributed by atoms with Gasteiger partial charge in [0.2, 0.25) is 0 Å². The number of anilines is 2. The standard InChI is InChI=1S/C13H10Br2N2O/c14-8-1-4-10(5-2-8)17-13(18)11-6-3-9(15)7-12(11)16/h1-7H,16H2,(H,17,18). The summed E-state index contributed by atoms with van der Waals surface area (Å²) in [7, 11) is 0. The summed E-state index contributed by atoms with van der Waals surface area (Å²) in [5.41, 5.74) is 7.43. The number of carbonyl (C=O) groups is 1. The second kappa shape index (κ2) is 5.54. The van der Waals surface area contributed by atoms with E-state index >= 15 is 0 Å². The van der Waals surface area contributed by atoms with Crippen molar-refractivity contribution in [2.45, 2.75) is 0 Å². The fourth-order valence-electron chi connectivity index (χ4n) is 1.47. The Labute approximate surface area is 122 Å². The molecule has 0 heterocycles. The Morgan fingerprint density at radius 2 is 1.61 bits per heavy atom. The van der Waals surface area contributed by atoms with Gasteiger partial charge < -0.3 is 11.1 Å². The van der Waals surface area contributed by atoms with E-state index < -0.39 is 0 Å². The van der Waals surface area contributed by atoms with Gasteiger partial charge in [-0.1, -0.05) is 31.9 Å². The van der Waals surface area contributed by atoms with Crippen LogP contribution in [0.25, 0.3) is 0 Å². The van der Waals surface area contributed by atoms with Crippen LogP contribution in [0.4, 0.5) is 11.4 Å². The van der Waals surface area contributed by atoms with Crippen LogP contribution in [0, 0.1) is 0 Å². The van der Waals surface area contributed by atoms with Gasteiger partial charge in [0.1, 0.15) is 0 Å². The molecule has 3 nitrogen and oxygen atoms in total. The Balaban J connectivity index is 2.19. The van der Waals surface area contributed by atoms with Crippen molar-refractivity contribution in [2.24, 2.45) is 0 Å². The number of hydrogen-bond acceptors (Lipinski definition) is 2. The number of rotatable bonds is 2. The van der Waals surface area contributed by atoms with E-state index in [-0.39, 0.29) is 5.91 Å². The highest BCUT2D eigenvalue weighted by atomic mass is 79.9. The quantitative estimate of drug-likeness (QED) is 0.784. The summed E-state index contributed by atoms with van der Waals surface area (Å²) in [5.74, 6) is -0.220. The first-order valence-electron chi connectivity index (χ1n) is 5.18. The van der Waals surface area contributed by atoms with E-state index in [1.807, 2.05) is 24.3 Å². The van der Waals surface area contributed by atoms with Crippen molar-refractivity contribution < 1.29 is 4.79 Å². The predicted octanol–water partition coefficient (Wildman–Crippen LogP) is 4.05. The molecule has 5 heteroatoms. The lowest BCUT2D eigenvalue weighted by Crippen LogP contribution is -2.13. The number of amides is 1. The fourth-order valence-corrected chi connectivity index (χ4v) is 2.12. The number of nitrogens with two attached hydrogens (primary N) is 1. The van der Waals surface area contributed by atoms with Crippen molar-refractivity contribution in [2.75, 3.05) is 11.1 Å². The van der Waals surface area contributed by atoms with E-state index in [1.54, 1.807) is 18.2 Å². The number of benzene rings is 2. The lowest BCUT2D eigenvalue weighted by molar-refractivity contribution is 0.102. The van der Waals surface area contributed by atoms with E-state index in [9.17, 15) is 4.79 Å². The van der Waals surface area contributed by atoms with Gasteiger partial charge in [-0.3, -0.25) is 4.79 Å². The minimum Gasteiger partial charge on any atom is -0.398 e. The highest BCUT2D eigenvalue weighted by Gasteiger charge is 2.09. The molecule has 18 heavy (non-hydrogen) atoms. The third-order valence-electron chi connectivity index (χ3n) is 2.36. The second-order valence-corrected chi connectivity index (χ2v) is 5.52. The molecule has 0 aliphatic carbocycles. The Bertz CT molecular complexity index is 582. The first-order chi connectivity index (χ1) is 8.56. The molecule has 2 rings (SSSR count). The van der Waals surface area contributed by atoms with Gasteiger partial charge in [0, 0.05) is 20.3 Å². The molecule has 0 radical (unpaired) electrons. The molecule has 0 unspecified atom stereocenters. The second-order valence-electron chi connectivity index (χ2n) is 3.69. The zero-order valence-corrected chi connectivity index (χ0v) is 12.5. The summed E-state index contributed by atoms with van der Waals surface area (Å²) in [5, 5.41) is 2.79. The molecular formula is C13H10Br2N2O. The van der Waals surface area contributed by atoms with Crippen molar-refractivity contribution in [1.29, 1.82) is 0 Å². The van der Waals surface area contributed by atoms with Gasteiger partial charge in [0.25, 0.3) is 5.91 Å². The van der Waals surface area contributed by atoms with Crippen LogP contribution in [0.2, 0.25) is 0 Å². The van der Waals surface area contributed by atoms with Crippen LogP contribution in [-0.4, -0.2) is 5.91 Å². The lowest BCUT2D eigenvalue weighted by Gasteiger charge is -2.08. The number of nitrogen functional groups attached to an aromatic ring is 1. The summed E-state index contributed by atoms with van der Waals surface area (Å²) in [6.07, 6.45) is 0. The Hall–Kier alpha value is -1.33. The third-order valence-corrected chi connectivity index (χ3v) is 3.38. The van der Waals surface area contributed by atoms with Crippen LogP contribution in [0.1, 0.15) is 10.4 Å². The number of halogens is 2. The summed E-state index contributed by atoms with van der Waals surface area (Å²) in [6.45, 7) is 0. The largest absolute Gasteiger partial charge is 0.398 e. The molecular weight excluding hydrogens is 360 g/mol. The van der Waals surface area contributed by atoms with Gasteiger partial charge in [-0.05, 0) is 42.5 Å². The first kappa shape index (κ1) is 13.1. The number of carbonyl (C=O) groups excluding carboxylic acids is 1. The Kier molecular flexibility index (Phi) is 4.04. The van der Waals surface area contributed by atoms with E-state index in [1.165, 1.54) is 0 Å². The average molecular weight is 370 g/mol. The fraction of sp³-hybridized carbons (Fsp3) is 0. The maximum Gasteiger partial charge on any atom is 0.257 e. The first-order valence-corrected chi connectivity index (χ1v) is 6.77. The normalized spacial score (nSPS) is 10.1. The minimum absolute atomic E-state index is 0.220. The van der Waals surface area contributed by atoms with Crippen molar-refractivity contribution in [1.82, 2.24) is 0 Å². The van der Waals surface area contributed by atoms with Gasteiger partial charge >= 0.3 is 0 Å². The van der Waals surface area contributed by atoms with Gasteiger partial charge in [-0.25, -0.2) is 0 Å². The lowest BCUT2D eigenvalue weighted by atomic mass is 10.1. The van der Waals surface area contributed by atoms with Gasteiger partial charge in [-0.2, -0.15) is 0 Å². The molecule has 2 aromatic rings. The van der Waals surface area contributed by atoms with Crippen LogP contribution in [0.3, 0.4) is 0 Å². The van der Waals surface area contributed by atoms with Crippen molar-refractivity contribution >= 4 is 49.1 Å². The van der Waals surface area contributed by atoms with E-state index in [0.717, 1.165) is 14.6 Å². The van der Waals surface area contributed by atoms with Crippen LogP contribution in [0.15, 0.2) is 51.4 Å². The maximum absolute atomic E-state index is 12.0. The Morgan fingerprint density at radius 1 is 1.00 bits per heavy atom. The summed E-state index contributed by atoms with van der Waals surface area (Å²) < 4.78 is 1.81. The van der Waals surface area contributed by atoms with Gasteiger partial charge in [-0.15, -0.1) is 0 Å². The van der Waals surface area contributed by atoms with Crippen LogP contribution >= 0.6 is 31.9 Å². The van der Waals surface area contributed by atoms with Crippen molar-refractivity contribution in [3.8, 4) is 0 Å². The van der Waals surface area contributed by atoms with Crippen molar-refractivity contribution in [3.05, 3.63) is 57.0 Å². The zero-order valence-electron chi connectivity index (χ0n) is 9.28. The molecule has 0 fully saturated rings. The van der Waals surface area contributed by atoms with Crippen LogP contribution in [-0.2, 0) is 0 Å². The molecule has 0 aliphatic heterocycles. The highest BCUT2D eigenvalue weighted by molar-refractivity contribution is 9.10. The van der Waals surface area contributed by atoms with Crippen molar-refractivity contribution in [3.63, 3.8) is 0 Å². The highest BCUT2D eigenvalue weighted by Crippen LogP contribution is 2.20. The molecule has 92 valence electrons. The molecule has 3 N–H and O–H groups in total. The summed E-state index contributed by atoms with van der Waals surface area (Å²) in [6, 6.07) is 12.5. The number of hydrogen-bond donors (Lipinski definition) is 2. The smallest absolute Gasteiger partial charge is 0.257 e. The van der Waals surface area contributed by atoms with Gasteiger partial charge in [0.15, 0.2) is 0 Å². The molecule has 0 bridgehead atoms. The average Bonchev–Trinajstić information content (AvgIpc) is 2.32. The van der Waals surface area contributed by atoms with E-state index in [2.05, 4.69) is 37.2 Å². The van der Waals surface area contributed by atoms with Crippen LogP contribution in [0.5, 0.6) is 0 Å². The molecule has 0 spiro atoms. The molecule has 0 atom stereocenters. The maximum atomic E-state index is 12.0. The summed E-state index contributed by atoms with van der Waals surface area (Å²) >= 11 is 6.64. The molecule has 0 aliphatic rings. The SMILES string of the molecule is Nc1cc(Br)ccc1C(=O)Nc1ccc(Br)cc1. The molecule has 1 amide bonds. The topological polar surface area (TPSA) is 55.1 Å². The van der Waals surface area contributed by atoms with Gasteiger partial charge in [0.05, 0.1) is 5.56 Å². The summed E-state index contributed by atoms with van der Waals surface area (Å²) in [4.78, 5) is 12.0. The number of nitrogens with one attached hydrogen (secondary N) is 1.